The van der Waals surface area contributed by atoms with Gasteiger partial charge in [0.1, 0.15) is 11.5 Å². The molecule has 1 aliphatic rings. The van der Waals surface area contributed by atoms with E-state index in [1.807, 2.05) is 24.3 Å². The molecule has 0 atom stereocenters. The van der Waals surface area contributed by atoms with E-state index in [0.29, 0.717) is 0 Å². The number of hydrogen-bond acceptors (Lipinski definition) is 4. The number of aromatic nitrogens is 1. The van der Waals surface area contributed by atoms with Crippen molar-refractivity contribution in [3.8, 4) is 0 Å². The highest BCUT2D eigenvalue weighted by Gasteiger charge is 2.10. The van der Waals surface area contributed by atoms with Gasteiger partial charge in [0, 0.05) is 12.6 Å². The van der Waals surface area contributed by atoms with Gasteiger partial charge in [-0.1, -0.05) is 30.3 Å². The molecule has 0 unspecified atom stereocenters. The van der Waals surface area contributed by atoms with Crippen molar-refractivity contribution in [2.24, 2.45) is 4.99 Å². The summed E-state index contributed by atoms with van der Waals surface area (Å²) >= 11 is 0. The van der Waals surface area contributed by atoms with Gasteiger partial charge >= 0.3 is 0 Å². The molecule has 5 heteroatoms. The lowest BCUT2D eigenvalue weighted by atomic mass is 10.1. The molecule has 92 valence electrons. The standard InChI is InChI=1S/C13H12N4.ClH/c1-2-4-10(5-3-1)8-13-15-12-9-14-7-6-11(12)16-17-13;/h1-7,9,16H,8H2,(H,15,17);1H. The Labute approximate surface area is 112 Å². The van der Waals surface area contributed by atoms with Crippen molar-refractivity contribution >= 4 is 29.6 Å². The zero-order valence-electron chi connectivity index (χ0n) is 9.63. The summed E-state index contributed by atoms with van der Waals surface area (Å²) in [5.41, 5.74) is 9.27. The van der Waals surface area contributed by atoms with E-state index in [4.69, 9.17) is 0 Å². The van der Waals surface area contributed by atoms with Crippen LogP contribution in [0.1, 0.15) is 5.56 Å². The Hall–Kier alpha value is -2.07. The molecule has 2 aromatic rings. The fraction of sp³-hybridized carbons (Fsp3) is 0.0769. The van der Waals surface area contributed by atoms with Gasteiger partial charge < -0.3 is 0 Å². The van der Waals surface area contributed by atoms with Gasteiger partial charge in [0.15, 0.2) is 0 Å². The largest absolute Gasteiger partial charge is 0.298 e. The van der Waals surface area contributed by atoms with Gasteiger partial charge in [-0.3, -0.25) is 15.8 Å². The van der Waals surface area contributed by atoms with Crippen LogP contribution in [0.2, 0.25) is 0 Å². The van der Waals surface area contributed by atoms with Crippen molar-refractivity contribution in [3.05, 3.63) is 54.4 Å². The first-order chi connectivity index (χ1) is 8.42. The summed E-state index contributed by atoms with van der Waals surface area (Å²) in [6.07, 6.45) is 4.28. The van der Waals surface area contributed by atoms with E-state index in [1.54, 1.807) is 12.4 Å². The molecule has 2 heterocycles. The van der Waals surface area contributed by atoms with Crippen LogP contribution in [0, 0.1) is 0 Å². The van der Waals surface area contributed by atoms with Crippen LogP contribution >= 0.6 is 12.4 Å². The molecular formula is C13H13ClN4. The van der Waals surface area contributed by atoms with E-state index in [2.05, 4.69) is 33.0 Å². The highest BCUT2D eigenvalue weighted by Crippen LogP contribution is 2.24. The first-order valence-corrected chi connectivity index (χ1v) is 5.49. The molecule has 0 aliphatic carbocycles. The van der Waals surface area contributed by atoms with Crippen LogP contribution in [0.5, 0.6) is 0 Å². The van der Waals surface area contributed by atoms with Crippen molar-refractivity contribution < 1.29 is 0 Å². The Bertz CT molecular complexity index is 554. The minimum atomic E-state index is 0. The summed E-state index contributed by atoms with van der Waals surface area (Å²) in [4.78, 5) is 8.59. The molecule has 0 radical (unpaired) electrons. The smallest absolute Gasteiger partial charge is 0.125 e. The van der Waals surface area contributed by atoms with Gasteiger partial charge in [-0.05, 0) is 11.6 Å². The highest BCUT2D eigenvalue weighted by atomic mass is 35.5. The third-order valence-electron chi connectivity index (χ3n) is 2.61. The number of hydrogen-bond donors (Lipinski definition) is 2. The molecule has 0 saturated carbocycles. The highest BCUT2D eigenvalue weighted by molar-refractivity contribution is 5.92. The number of rotatable bonds is 2. The van der Waals surface area contributed by atoms with Gasteiger partial charge in [0.25, 0.3) is 0 Å². The number of aliphatic imine (C=N–C) groups is 1. The maximum Gasteiger partial charge on any atom is 0.125 e. The number of benzene rings is 1. The number of anilines is 1. The van der Waals surface area contributed by atoms with Crippen LogP contribution in [0.4, 0.5) is 11.4 Å². The van der Waals surface area contributed by atoms with Crippen molar-refractivity contribution in [2.45, 2.75) is 6.42 Å². The number of nitrogens with zero attached hydrogens (tertiary/aromatic N) is 2. The van der Waals surface area contributed by atoms with E-state index in [9.17, 15) is 0 Å². The second-order valence-corrected chi connectivity index (χ2v) is 3.86. The van der Waals surface area contributed by atoms with Crippen LogP contribution in [-0.2, 0) is 6.42 Å². The average Bonchev–Trinajstić information content (AvgIpc) is 2.40. The second kappa shape index (κ2) is 5.51. The number of fused-ring (bicyclic) bond motifs is 1. The van der Waals surface area contributed by atoms with E-state index in [-0.39, 0.29) is 12.4 Å². The SMILES string of the molecule is Cl.c1ccc(CC2=Nc3cnccc3NN2)cc1. The maximum absolute atomic E-state index is 4.52. The van der Waals surface area contributed by atoms with Crippen molar-refractivity contribution in [2.75, 3.05) is 5.43 Å². The summed E-state index contributed by atoms with van der Waals surface area (Å²) < 4.78 is 0. The Morgan fingerprint density at radius 2 is 1.83 bits per heavy atom. The number of halogens is 1. The lowest BCUT2D eigenvalue weighted by molar-refractivity contribution is 1.03. The third kappa shape index (κ3) is 2.60. The van der Waals surface area contributed by atoms with Crippen molar-refractivity contribution in [1.29, 1.82) is 0 Å². The zero-order valence-corrected chi connectivity index (χ0v) is 10.4. The first kappa shape index (κ1) is 12.4. The Morgan fingerprint density at radius 3 is 2.67 bits per heavy atom. The fourth-order valence-electron chi connectivity index (χ4n) is 1.77. The van der Waals surface area contributed by atoms with Gasteiger partial charge in [0.2, 0.25) is 0 Å². The predicted molar refractivity (Wildman–Crippen MR) is 75.5 cm³/mol. The average molecular weight is 261 g/mol. The minimum absolute atomic E-state index is 0. The van der Waals surface area contributed by atoms with Crippen LogP contribution in [0.15, 0.2) is 53.8 Å². The van der Waals surface area contributed by atoms with Crippen molar-refractivity contribution in [3.63, 3.8) is 0 Å². The number of amidine groups is 1. The second-order valence-electron chi connectivity index (χ2n) is 3.86. The molecule has 1 aromatic carbocycles. The number of pyridine rings is 1. The molecule has 1 aromatic heterocycles. The number of nitrogens with one attached hydrogen (secondary N) is 2. The Kier molecular flexibility index (Phi) is 3.79. The third-order valence-corrected chi connectivity index (χ3v) is 2.61. The predicted octanol–water partition coefficient (Wildman–Crippen LogP) is 2.71. The van der Waals surface area contributed by atoms with E-state index in [1.165, 1.54) is 5.56 Å². The lowest BCUT2D eigenvalue weighted by Crippen LogP contribution is -2.33. The minimum Gasteiger partial charge on any atom is -0.298 e. The van der Waals surface area contributed by atoms with Crippen molar-refractivity contribution in [1.82, 2.24) is 10.4 Å². The lowest BCUT2D eigenvalue weighted by Gasteiger charge is -2.18. The van der Waals surface area contributed by atoms with Crippen LogP contribution in [0.25, 0.3) is 0 Å². The summed E-state index contributed by atoms with van der Waals surface area (Å²) in [6.45, 7) is 0. The molecule has 3 rings (SSSR count). The topological polar surface area (TPSA) is 49.3 Å². The van der Waals surface area contributed by atoms with Crippen LogP contribution in [0.3, 0.4) is 0 Å². The fourth-order valence-corrected chi connectivity index (χ4v) is 1.77. The summed E-state index contributed by atoms with van der Waals surface area (Å²) in [5.74, 6) is 0.900. The normalized spacial score (nSPS) is 12.3. The molecule has 2 N–H and O–H groups in total. The summed E-state index contributed by atoms with van der Waals surface area (Å²) in [5, 5.41) is 0. The number of hydrazine groups is 1. The van der Waals surface area contributed by atoms with E-state index in [0.717, 1.165) is 23.6 Å². The maximum atomic E-state index is 4.52. The monoisotopic (exact) mass is 260 g/mol. The Morgan fingerprint density at radius 1 is 1.00 bits per heavy atom. The van der Waals surface area contributed by atoms with Gasteiger partial charge in [-0.25, -0.2) is 4.99 Å². The van der Waals surface area contributed by atoms with E-state index >= 15 is 0 Å². The molecule has 0 saturated heterocycles. The summed E-state index contributed by atoms with van der Waals surface area (Å²) in [6, 6.07) is 12.1. The van der Waals surface area contributed by atoms with Gasteiger partial charge in [0.05, 0.1) is 11.9 Å². The van der Waals surface area contributed by atoms with Gasteiger partial charge in [-0.15, -0.1) is 12.4 Å². The summed E-state index contributed by atoms with van der Waals surface area (Å²) in [7, 11) is 0. The first-order valence-electron chi connectivity index (χ1n) is 5.49. The molecule has 0 spiro atoms. The quantitative estimate of drug-likeness (QED) is 0.873. The molecule has 0 bridgehead atoms. The van der Waals surface area contributed by atoms with Crippen LogP contribution in [-0.4, -0.2) is 10.8 Å². The molecular weight excluding hydrogens is 248 g/mol. The zero-order chi connectivity index (χ0) is 11.5. The molecule has 0 amide bonds. The van der Waals surface area contributed by atoms with Crippen LogP contribution < -0.4 is 10.9 Å². The molecule has 0 fully saturated rings. The molecule has 1 aliphatic heterocycles. The Balaban J connectivity index is 0.00000120. The molecule has 4 nitrogen and oxygen atoms in total. The van der Waals surface area contributed by atoms with Gasteiger partial charge in [-0.2, -0.15) is 0 Å². The van der Waals surface area contributed by atoms with E-state index < -0.39 is 0 Å². The molecule has 18 heavy (non-hydrogen) atoms.